The summed E-state index contributed by atoms with van der Waals surface area (Å²) in [6.07, 6.45) is 2.88. The summed E-state index contributed by atoms with van der Waals surface area (Å²) >= 11 is 5.82. The fourth-order valence-electron chi connectivity index (χ4n) is 3.59. The van der Waals surface area contributed by atoms with Gasteiger partial charge in [0.1, 0.15) is 5.82 Å². The lowest BCUT2D eigenvalue weighted by atomic mass is 9.87. The maximum absolute atomic E-state index is 12.6. The molecule has 0 aliphatic carbocycles. The molecule has 170 valence electrons. The van der Waals surface area contributed by atoms with Crippen molar-refractivity contribution >= 4 is 35.1 Å². The Bertz CT molecular complexity index is 968. The number of hydrogen-bond donors (Lipinski definition) is 2. The van der Waals surface area contributed by atoms with Gasteiger partial charge in [0.05, 0.1) is 17.5 Å². The zero-order valence-corrected chi connectivity index (χ0v) is 19.4. The summed E-state index contributed by atoms with van der Waals surface area (Å²) in [4.78, 5) is 43.3. The van der Waals surface area contributed by atoms with Gasteiger partial charge in [-0.25, -0.2) is 4.98 Å². The summed E-state index contributed by atoms with van der Waals surface area (Å²) in [6.45, 7) is 7.11. The van der Waals surface area contributed by atoms with E-state index in [1.54, 1.807) is 29.2 Å². The first-order valence-electron chi connectivity index (χ1n) is 10.7. The highest BCUT2D eigenvalue weighted by Gasteiger charge is 2.28. The van der Waals surface area contributed by atoms with Crippen LogP contribution in [0.15, 0.2) is 42.6 Å². The number of anilines is 1. The van der Waals surface area contributed by atoms with E-state index in [0.717, 1.165) is 12.0 Å². The quantitative estimate of drug-likeness (QED) is 0.718. The van der Waals surface area contributed by atoms with Crippen molar-refractivity contribution in [2.24, 2.45) is 5.92 Å². The van der Waals surface area contributed by atoms with E-state index in [1.165, 1.54) is 6.20 Å². The van der Waals surface area contributed by atoms with Crippen molar-refractivity contribution in [2.75, 3.05) is 25.0 Å². The van der Waals surface area contributed by atoms with Crippen molar-refractivity contribution in [1.29, 1.82) is 0 Å². The van der Waals surface area contributed by atoms with Crippen LogP contribution in [-0.4, -0.2) is 47.2 Å². The minimum Gasteiger partial charge on any atom is -0.343 e. The molecule has 0 radical (unpaired) electrons. The SMILES string of the molecule is CC(C)(C)c1ccc(C(=O)NCC(=O)N2CCCC(C(=O)Nc3ccc(Cl)cn3)C2)cc1. The van der Waals surface area contributed by atoms with E-state index in [1.807, 2.05) is 12.1 Å². The second kappa shape index (κ2) is 10.1. The Morgan fingerprint density at radius 2 is 1.84 bits per heavy atom. The molecule has 1 aliphatic rings. The molecule has 2 N–H and O–H groups in total. The van der Waals surface area contributed by atoms with Crippen LogP contribution in [0.5, 0.6) is 0 Å². The Labute approximate surface area is 193 Å². The number of carbonyl (C=O) groups excluding carboxylic acids is 3. The highest BCUT2D eigenvalue weighted by atomic mass is 35.5. The van der Waals surface area contributed by atoms with Gasteiger partial charge in [0.2, 0.25) is 11.8 Å². The third-order valence-corrected chi connectivity index (χ3v) is 5.76. The number of nitrogens with one attached hydrogen (secondary N) is 2. The first-order chi connectivity index (χ1) is 15.1. The molecule has 2 aromatic rings. The lowest BCUT2D eigenvalue weighted by Crippen LogP contribution is -2.47. The molecule has 1 saturated heterocycles. The molecule has 1 fully saturated rings. The van der Waals surface area contributed by atoms with Crippen LogP contribution in [0.4, 0.5) is 5.82 Å². The van der Waals surface area contributed by atoms with Gasteiger partial charge in [-0.2, -0.15) is 0 Å². The van der Waals surface area contributed by atoms with E-state index in [9.17, 15) is 14.4 Å². The molecule has 3 rings (SSSR count). The summed E-state index contributed by atoms with van der Waals surface area (Å²) in [5, 5.41) is 5.95. The van der Waals surface area contributed by atoms with Crippen LogP contribution in [0.1, 0.15) is 49.5 Å². The highest BCUT2D eigenvalue weighted by Crippen LogP contribution is 2.22. The molecule has 8 heteroatoms. The largest absolute Gasteiger partial charge is 0.343 e. The average molecular weight is 457 g/mol. The third-order valence-electron chi connectivity index (χ3n) is 5.54. The van der Waals surface area contributed by atoms with E-state index in [-0.39, 0.29) is 35.6 Å². The number of pyridine rings is 1. The number of nitrogens with zero attached hydrogens (tertiary/aromatic N) is 2. The van der Waals surface area contributed by atoms with Crippen LogP contribution in [-0.2, 0) is 15.0 Å². The van der Waals surface area contributed by atoms with E-state index >= 15 is 0 Å². The monoisotopic (exact) mass is 456 g/mol. The van der Waals surface area contributed by atoms with Crippen molar-refractivity contribution < 1.29 is 14.4 Å². The van der Waals surface area contributed by atoms with Gasteiger partial charge in [-0.05, 0) is 48.1 Å². The van der Waals surface area contributed by atoms with Gasteiger partial charge in [0.15, 0.2) is 0 Å². The second-order valence-corrected chi connectivity index (χ2v) is 9.48. The molecule has 2 heterocycles. The second-order valence-electron chi connectivity index (χ2n) is 9.04. The maximum Gasteiger partial charge on any atom is 0.251 e. The van der Waals surface area contributed by atoms with Crippen LogP contribution in [0.3, 0.4) is 0 Å². The smallest absolute Gasteiger partial charge is 0.251 e. The van der Waals surface area contributed by atoms with E-state index in [0.29, 0.717) is 35.9 Å². The molecule has 3 amide bonds. The number of rotatable bonds is 5. The van der Waals surface area contributed by atoms with Gasteiger partial charge in [-0.3, -0.25) is 14.4 Å². The summed E-state index contributed by atoms with van der Waals surface area (Å²) < 4.78 is 0. The number of carbonyl (C=O) groups is 3. The number of piperidine rings is 1. The molecule has 1 aromatic carbocycles. The zero-order chi connectivity index (χ0) is 23.3. The Kier molecular flexibility index (Phi) is 7.51. The molecule has 32 heavy (non-hydrogen) atoms. The third kappa shape index (κ3) is 6.29. The predicted molar refractivity (Wildman–Crippen MR) is 125 cm³/mol. The molecule has 0 bridgehead atoms. The van der Waals surface area contributed by atoms with Crippen molar-refractivity contribution in [3.63, 3.8) is 0 Å². The number of likely N-dealkylation sites (tertiary alicyclic amines) is 1. The molecule has 1 unspecified atom stereocenters. The summed E-state index contributed by atoms with van der Waals surface area (Å²) in [7, 11) is 0. The molecular weight excluding hydrogens is 428 g/mol. The normalized spacial score (nSPS) is 16.4. The van der Waals surface area contributed by atoms with E-state index < -0.39 is 0 Å². The van der Waals surface area contributed by atoms with Gasteiger partial charge in [0.25, 0.3) is 5.91 Å². The molecular formula is C24H29ClN4O3. The van der Waals surface area contributed by atoms with Gasteiger partial charge < -0.3 is 15.5 Å². The topological polar surface area (TPSA) is 91.4 Å². The molecule has 1 atom stereocenters. The van der Waals surface area contributed by atoms with Crippen molar-refractivity contribution in [3.8, 4) is 0 Å². The summed E-state index contributed by atoms with van der Waals surface area (Å²) in [5.41, 5.74) is 1.65. The van der Waals surface area contributed by atoms with Crippen molar-refractivity contribution in [2.45, 2.75) is 39.0 Å². The maximum atomic E-state index is 12.6. The average Bonchev–Trinajstić information content (AvgIpc) is 2.78. The summed E-state index contributed by atoms with van der Waals surface area (Å²) in [5.74, 6) is -0.579. The van der Waals surface area contributed by atoms with Gasteiger partial charge >= 0.3 is 0 Å². The van der Waals surface area contributed by atoms with Crippen molar-refractivity contribution in [1.82, 2.24) is 15.2 Å². The summed E-state index contributed by atoms with van der Waals surface area (Å²) in [6, 6.07) is 10.7. The first kappa shape index (κ1) is 23.7. The minimum absolute atomic E-state index is 0.00564. The molecule has 7 nitrogen and oxygen atoms in total. The molecule has 0 saturated carbocycles. The Balaban J connectivity index is 1.50. The van der Waals surface area contributed by atoms with Crippen molar-refractivity contribution in [3.05, 3.63) is 58.7 Å². The van der Waals surface area contributed by atoms with Crippen LogP contribution in [0.25, 0.3) is 0 Å². The van der Waals surface area contributed by atoms with Crippen LogP contribution >= 0.6 is 11.6 Å². The first-order valence-corrected chi connectivity index (χ1v) is 11.1. The standard InChI is InChI=1S/C24H29ClN4O3/c1-24(2,3)18-8-6-16(7-9-18)22(31)27-14-21(30)29-12-4-5-17(15-29)23(32)28-20-11-10-19(25)13-26-20/h6-11,13,17H,4-5,12,14-15H2,1-3H3,(H,27,31)(H,26,28,32). The number of aromatic nitrogens is 1. The lowest BCUT2D eigenvalue weighted by molar-refractivity contribution is -0.133. The zero-order valence-electron chi connectivity index (χ0n) is 18.7. The Morgan fingerprint density at radius 3 is 2.47 bits per heavy atom. The predicted octanol–water partition coefficient (Wildman–Crippen LogP) is 3.64. The fraction of sp³-hybridized carbons (Fsp3) is 0.417. The van der Waals surface area contributed by atoms with Crippen LogP contribution in [0.2, 0.25) is 5.02 Å². The number of benzene rings is 1. The molecule has 0 spiro atoms. The molecule has 1 aromatic heterocycles. The number of halogens is 1. The lowest BCUT2D eigenvalue weighted by Gasteiger charge is -2.32. The fourth-order valence-corrected chi connectivity index (χ4v) is 3.70. The minimum atomic E-state index is -0.328. The number of amides is 3. The molecule has 1 aliphatic heterocycles. The number of hydrogen-bond acceptors (Lipinski definition) is 4. The van der Waals surface area contributed by atoms with E-state index in [4.69, 9.17) is 11.6 Å². The van der Waals surface area contributed by atoms with E-state index in [2.05, 4.69) is 36.4 Å². The van der Waals surface area contributed by atoms with Crippen LogP contribution in [0, 0.1) is 5.92 Å². The van der Waals surface area contributed by atoms with Crippen LogP contribution < -0.4 is 10.6 Å². The van der Waals surface area contributed by atoms with Gasteiger partial charge in [-0.15, -0.1) is 0 Å². The highest BCUT2D eigenvalue weighted by molar-refractivity contribution is 6.30. The van der Waals surface area contributed by atoms with Gasteiger partial charge in [0, 0.05) is 24.8 Å². The van der Waals surface area contributed by atoms with Gasteiger partial charge in [-0.1, -0.05) is 44.5 Å². The Morgan fingerprint density at radius 1 is 1.12 bits per heavy atom. The Hall–Kier alpha value is -2.93.